The Hall–Kier alpha value is -3.05. The van der Waals surface area contributed by atoms with Crippen LogP contribution in [0.15, 0.2) is 91.0 Å². The van der Waals surface area contributed by atoms with Gasteiger partial charge in [0.2, 0.25) is 6.41 Å². The summed E-state index contributed by atoms with van der Waals surface area (Å²) in [4.78, 5) is 24.3. The van der Waals surface area contributed by atoms with Crippen molar-refractivity contribution in [3.63, 3.8) is 0 Å². The van der Waals surface area contributed by atoms with Crippen LogP contribution in [-0.4, -0.2) is 41.2 Å². The first-order chi connectivity index (χ1) is 14.1. The molecule has 0 saturated heterocycles. The van der Waals surface area contributed by atoms with E-state index in [-0.39, 0.29) is 5.75 Å². The number of benzene rings is 3. The van der Waals surface area contributed by atoms with E-state index in [0.717, 1.165) is 16.7 Å². The molecular weight excluding hydrogens is 382 g/mol. The SMILES string of the molecule is CN(C=O)C(CSC(c1ccccc1)(c1ccccc1)c1ccccc1)C(=O)O. The third kappa shape index (κ3) is 4.35. The lowest BCUT2D eigenvalue weighted by Crippen LogP contribution is -2.41. The van der Waals surface area contributed by atoms with E-state index in [2.05, 4.69) is 36.4 Å². The lowest BCUT2D eigenvalue weighted by Gasteiger charge is -2.36. The Kier molecular flexibility index (Phi) is 6.73. The normalized spacial score (nSPS) is 12.2. The van der Waals surface area contributed by atoms with Crippen molar-refractivity contribution < 1.29 is 14.7 Å². The summed E-state index contributed by atoms with van der Waals surface area (Å²) in [5, 5.41) is 9.67. The molecular formula is C24H23NO3S. The van der Waals surface area contributed by atoms with Crippen LogP contribution in [0.2, 0.25) is 0 Å². The van der Waals surface area contributed by atoms with Crippen LogP contribution in [0.4, 0.5) is 0 Å². The predicted molar refractivity (Wildman–Crippen MR) is 117 cm³/mol. The van der Waals surface area contributed by atoms with Gasteiger partial charge in [0, 0.05) is 12.8 Å². The van der Waals surface area contributed by atoms with Gasteiger partial charge in [-0.2, -0.15) is 0 Å². The standard InChI is InChI=1S/C24H23NO3S/c1-25(18-26)22(23(27)28)17-29-24(19-11-5-2-6-12-19,20-13-7-3-8-14-20)21-15-9-4-10-16-21/h2-16,18,22H,17H2,1H3,(H,27,28). The minimum atomic E-state index is -1.02. The minimum Gasteiger partial charge on any atom is -0.480 e. The molecule has 0 fully saturated rings. The summed E-state index contributed by atoms with van der Waals surface area (Å²) in [6.45, 7) is 0. The first-order valence-electron chi connectivity index (χ1n) is 9.30. The fraction of sp³-hybridized carbons (Fsp3) is 0.167. The maximum absolute atomic E-state index is 11.8. The van der Waals surface area contributed by atoms with E-state index >= 15 is 0 Å². The molecule has 3 rings (SSSR count). The Morgan fingerprint density at radius 3 is 1.59 bits per heavy atom. The van der Waals surface area contributed by atoms with Crippen molar-refractivity contribution in [3.8, 4) is 0 Å². The number of carboxylic acids is 1. The summed E-state index contributed by atoms with van der Waals surface area (Å²) in [7, 11) is 1.50. The maximum atomic E-state index is 11.8. The highest BCUT2D eigenvalue weighted by atomic mass is 32.2. The average Bonchev–Trinajstić information content (AvgIpc) is 2.78. The van der Waals surface area contributed by atoms with E-state index in [1.165, 1.54) is 23.7 Å². The van der Waals surface area contributed by atoms with Gasteiger partial charge in [-0.05, 0) is 16.7 Å². The summed E-state index contributed by atoms with van der Waals surface area (Å²) in [5.41, 5.74) is 3.17. The second kappa shape index (κ2) is 9.43. The number of hydrogen-bond acceptors (Lipinski definition) is 3. The third-order valence-corrected chi connectivity index (χ3v) is 6.56. The molecule has 5 heteroatoms. The van der Waals surface area contributed by atoms with Crippen molar-refractivity contribution in [2.24, 2.45) is 0 Å². The molecule has 0 aromatic heterocycles. The monoisotopic (exact) mass is 405 g/mol. The Morgan fingerprint density at radius 2 is 1.28 bits per heavy atom. The second-order valence-corrected chi connectivity index (χ2v) is 7.95. The number of carbonyl (C=O) groups is 2. The zero-order chi connectivity index (χ0) is 20.7. The highest BCUT2D eigenvalue weighted by Gasteiger charge is 2.38. The summed E-state index contributed by atoms with van der Waals surface area (Å²) in [5.74, 6) is -0.779. The summed E-state index contributed by atoms with van der Waals surface area (Å²) < 4.78 is -0.610. The van der Waals surface area contributed by atoms with Crippen LogP contribution in [0.3, 0.4) is 0 Å². The molecule has 0 heterocycles. The lowest BCUT2D eigenvalue weighted by molar-refractivity contribution is -0.144. The van der Waals surface area contributed by atoms with Crippen LogP contribution < -0.4 is 0 Å². The maximum Gasteiger partial charge on any atom is 0.327 e. The average molecular weight is 406 g/mol. The molecule has 1 unspecified atom stereocenters. The molecule has 29 heavy (non-hydrogen) atoms. The molecule has 1 amide bonds. The number of likely N-dealkylation sites (N-methyl/N-ethyl adjacent to an activating group) is 1. The highest BCUT2D eigenvalue weighted by Crippen LogP contribution is 2.48. The molecule has 0 bridgehead atoms. The Balaban J connectivity index is 2.17. The zero-order valence-electron chi connectivity index (χ0n) is 16.1. The fourth-order valence-electron chi connectivity index (χ4n) is 3.41. The number of nitrogens with zero attached hydrogens (tertiary/aromatic N) is 1. The quantitative estimate of drug-likeness (QED) is 0.427. The number of rotatable bonds is 9. The molecule has 0 aliphatic rings. The van der Waals surface area contributed by atoms with Crippen LogP contribution in [0, 0.1) is 0 Å². The first kappa shape index (κ1) is 20.7. The van der Waals surface area contributed by atoms with Crippen LogP contribution >= 0.6 is 11.8 Å². The van der Waals surface area contributed by atoms with Crippen LogP contribution in [0.5, 0.6) is 0 Å². The Labute approximate surface area is 175 Å². The molecule has 3 aromatic carbocycles. The summed E-state index contributed by atoms with van der Waals surface area (Å²) in [6.07, 6.45) is 0.564. The van der Waals surface area contributed by atoms with E-state index < -0.39 is 16.8 Å². The molecule has 1 atom stereocenters. The molecule has 0 radical (unpaired) electrons. The van der Waals surface area contributed by atoms with Crippen molar-refractivity contribution in [3.05, 3.63) is 108 Å². The lowest BCUT2D eigenvalue weighted by atomic mass is 9.84. The molecule has 0 spiro atoms. The summed E-state index contributed by atoms with van der Waals surface area (Å²) in [6, 6.07) is 29.3. The molecule has 1 N–H and O–H groups in total. The second-order valence-electron chi connectivity index (χ2n) is 6.72. The van der Waals surface area contributed by atoms with E-state index in [9.17, 15) is 14.7 Å². The van der Waals surface area contributed by atoms with Gasteiger partial charge < -0.3 is 10.0 Å². The van der Waals surface area contributed by atoms with E-state index in [1.54, 1.807) is 0 Å². The van der Waals surface area contributed by atoms with Gasteiger partial charge >= 0.3 is 5.97 Å². The van der Waals surface area contributed by atoms with Gasteiger partial charge in [-0.15, -0.1) is 11.8 Å². The minimum absolute atomic E-state index is 0.239. The smallest absolute Gasteiger partial charge is 0.327 e. The number of amides is 1. The number of carboxylic acid groups (broad SMARTS) is 1. The zero-order valence-corrected chi connectivity index (χ0v) is 17.0. The number of thioether (sulfide) groups is 1. The van der Waals surface area contributed by atoms with E-state index in [1.807, 2.05) is 54.6 Å². The summed E-state index contributed by atoms with van der Waals surface area (Å²) >= 11 is 1.53. The van der Waals surface area contributed by atoms with Crippen molar-refractivity contribution >= 4 is 24.1 Å². The Morgan fingerprint density at radius 1 is 0.897 bits per heavy atom. The number of aliphatic carboxylic acids is 1. The van der Waals surface area contributed by atoms with Gasteiger partial charge in [-0.1, -0.05) is 91.0 Å². The third-order valence-electron chi connectivity index (χ3n) is 4.94. The van der Waals surface area contributed by atoms with Crippen LogP contribution in [0.25, 0.3) is 0 Å². The van der Waals surface area contributed by atoms with Crippen molar-refractivity contribution in [2.45, 2.75) is 10.8 Å². The van der Waals surface area contributed by atoms with Gasteiger partial charge in [0.15, 0.2) is 0 Å². The molecule has 3 aromatic rings. The van der Waals surface area contributed by atoms with Crippen molar-refractivity contribution in [2.75, 3.05) is 12.8 Å². The molecule has 0 aliphatic carbocycles. The molecule has 4 nitrogen and oxygen atoms in total. The van der Waals surface area contributed by atoms with Crippen molar-refractivity contribution in [1.29, 1.82) is 0 Å². The number of carbonyl (C=O) groups excluding carboxylic acids is 1. The van der Waals surface area contributed by atoms with E-state index in [4.69, 9.17) is 0 Å². The van der Waals surface area contributed by atoms with E-state index in [0.29, 0.717) is 6.41 Å². The van der Waals surface area contributed by atoms with Gasteiger partial charge in [-0.3, -0.25) is 4.79 Å². The van der Waals surface area contributed by atoms with Gasteiger partial charge in [0.1, 0.15) is 6.04 Å². The van der Waals surface area contributed by atoms with Gasteiger partial charge in [0.05, 0.1) is 4.75 Å². The highest BCUT2D eigenvalue weighted by molar-refractivity contribution is 8.00. The van der Waals surface area contributed by atoms with Gasteiger partial charge in [-0.25, -0.2) is 4.79 Å². The van der Waals surface area contributed by atoms with Crippen LogP contribution in [0.1, 0.15) is 16.7 Å². The number of hydrogen-bond donors (Lipinski definition) is 1. The molecule has 0 saturated carbocycles. The predicted octanol–water partition coefficient (Wildman–Crippen LogP) is 4.25. The van der Waals surface area contributed by atoms with Gasteiger partial charge in [0.25, 0.3) is 0 Å². The van der Waals surface area contributed by atoms with Crippen LogP contribution in [-0.2, 0) is 14.3 Å². The molecule has 0 aliphatic heterocycles. The Bertz CT molecular complexity index is 835. The molecule has 148 valence electrons. The first-order valence-corrected chi connectivity index (χ1v) is 10.3. The largest absolute Gasteiger partial charge is 0.480 e. The fourth-order valence-corrected chi connectivity index (χ4v) is 5.10. The van der Waals surface area contributed by atoms with Crippen molar-refractivity contribution in [1.82, 2.24) is 4.90 Å². The topological polar surface area (TPSA) is 57.6 Å².